The number of para-hydroxylation sites is 5. The molecule has 1 atom stereocenters. The zero-order chi connectivity index (χ0) is 29.5. The van der Waals surface area contributed by atoms with E-state index >= 15 is 0 Å². The van der Waals surface area contributed by atoms with Gasteiger partial charge >= 0.3 is 0 Å². The maximum Gasteiger partial charge on any atom is 0.146 e. The van der Waals surface area contributed by atoms with Crippen molar-refractivity contribution >= 4 is 89.6 Å². The summed E-state index contributed by atoms with van der Waals surface area (Å²) in [5, 5.41) is 11.4. The third-order valence-corrected chi connectivity index (χ3v) is 11.6. The van der Waals surface area contributed by atoms with Crippen LogP contribution in [0.5, 0.6) is 0 Å². The average Bonchev–Trinajstić information content (AvgIpc) is 3.66. The van der Waals surface area contributed by atoms with Crippen molar-refractivity contribution in [3.63, 3.8) is 0 Å². The maximum atomic E-state index is 5.14. The number of pyridine rings is 1. The highest BCUT2D eigenvalue weighted by atomic mass is 31.1. The van der Waals surface area contributed by atoms with E-state index in [-0.39, 0.29) is 0 Å². The van der Waals surface area contributed by atoms with E-state index in [2.05, 4.69) is 166 Å². The Balaban J connectivity index is 1.29. The third-order valence-electron chi connectivity index (χ3n) is 9.22. The first-order valence-corrected chi connectivity index (χ1v) is 16.6. The van der Waals surface area contributed by atoms with Gasteiger partial charge in [0, 0.05) is 37.5 Å². The number of fused-ring (bicyclic) bond motifs is 13. The lowest BCUT2D eigenvalue weighted by atomic mass is 9.99. The van der Waals surface area contributed by atoms with E-state index < -0.39 is 8.07 Å². The second-order valence-electron chi connectivity index (χ2n) is 11.7. The molecule has 10 rings (SSSR count). The highest BCUT2D eigenvalue weighted by Gasteiger charge is 2.23. The molecule has 45 heavy (non-hydrogen) atoms. The zero-order valence-electron chi connectivity index (χ0n) is 24.3. The quantitative estimate of drug-likeness (QED) is 0.148. The molecule has 0 aliphatic carbocycles. The molecule has 0 saturated heterocycles. The summed E-state index contributed by atoms with van der Waals surface area (Å²) in [7, 11) is -0.901. The topological polar surface area (TPSA) is 22.2 Å². The van der Waals surface area contributed by atoms with Crippen LogP contribution in [0.2, 0.25) is 0 Å². The van der Waals surface area contributed by atoms with Crippen molar-refractivity contribution in [1.82, 2.24) is 13.7 Å². The van der Waals surface area contributed by atoms with Crippen molar-refractivity contribution in [2.45, 2.75) is 0 Å². The van der Waals surface area contributed by atoms with E-state index in [4.69, 9.17) is 4.98 Å². The lowest BCUT2D eigenvalue weighted by Crippen LogP contribution is -2.17. The van der Waals surface area contributed by atoms with Gasteiger partial charge in [0.15, 0.2) is 0 Å². The fourth-order valence-corrected chi connectivity index (χ4v) is 9.79. The van der Waals surface area contributed by atoms with Gasteiger partial charge in [0.25, 0.3) is 0 Å². The van der Waals surface area contributed by atoms with Crippen LogP contribution < -0.4 is 10.6 Å². The zero-order valence-corrected chi connectivity index (χ0v) is 25.2. The molecule has 3 heterocycles. The molecule has 0 amide bonds. The van der Waals surface area contributed by atoms with Crippen LogP contribution in [-0.2, 0) is 0 Å². The van der Waals surface area contributed by atoms with E-state index in [1.807, 2.05) is 0 Å². The number of rotatable bonds is 3. The van der Waals surface area contributed by atoms with E-state index in [1.165, 1.54) is 64.9 Å². The number of aromatic nitrogens is 3. The predicted molar refractivity (Wildman–Crippen MR) is 193 cm³/mol. The average molecular weight is 592 g/mol. The molecule has 0 fully saturated rings. The van der Waals surface area contributed by atoms with Crippen molar-refractivity contribution in [2.75, 3.05) is 0 Å². The second kappa shape index (κ2) is 9.50. The van der Waals surface area contributed by atoms with Crippen LogP contribution in [0.1, 0.15) is 0 Å². The van der Waals surface area contributed by atoms with Gasteiger partial charge in [-0.15, -0.1) is 0 Å². The molecule has 4 heteroatoms. The molecule has 0 radical (unpaired) electrons. The van der Waals surface area contributed by atoms with Crippen LogP contribution in [0.3, 0.4) is 0 Å². The monoisotopic (exact) mass is 591 g/mol. The normalized spacial score (nSPS) is 12.8. The lowest BCUT2D eigenvalue weighted by Gasteiger charge is -2.23. The Kier molecular flexibility index (Phi) is 5.25. The summed E-state index contributed by atoms with van der Waals surface area (Å²) in [4.78, 5) is 5.14. The van der Waals surface area contributed by atoms with Crippen LogP contribution in [0.25, 0.3) is 70.9 Å². The molecule has 3 aromatic heterocycles. The number of hydrogen-bond acceptors (Lipinski definition) is 1. The SMILES string of the molecule is c1ccc(P(c2ccc3c(ccc4c3c3ccccc3n3c5ccccc5nc43)c2)n2c3ccccc3c3ccccc32)cc1. The molecule has 10 aromatic rings. The van der Waals surface area contributed by atoms with Crippen molar-refractivity contribution in [3.8, 4) is 0 Å². The number of nitrogens with zero attached hydrogens (tertiary/aromatic N) is 3. The van der Waals surface area contributed by atoms with Gasteiger partial charge in [-0.05, 0) is 53.2 Å². The Hall–Kier alpha value is -5.50. The fourth-order valence-electron chi connectivity index (χ4n) is 7.32. The summed E-state index contributed by atoms with van der Waals surface area (Å²) in [5.41, 5.74) is 6.89. The molecule has 3 nitrogen and oxygen atoms in total. The van der Waals surface area contributed by atoms with Crippen LogP contribution in [0.15, 0.2) is 158 Å². The first-order chi connectivity index (χ1) is 22.3. The molecular weight excluding hydrogens is 565 g/mol. The van der Waals surface area contributed by atoms with Gasteiger partial charge in [0.2, 0.25) is 0 Å². The second-order valence-corrected chi connectivity index (χ2v) is 13.7. The van der Waals surface area contributed by atoms with Gasteiger partial charge in [-0.1, -0.05) is 115 Å². The van der Waals surface area contributed by atoms with Crippen molar-refractivity contribution < 1.29 is 0 Å². The van der Waals surface area contributed by atoms with Gasteiger partial charge in [0.1, 0.15) is 5.65 Å². The van der Waals surface area contributed by atoms with Crippen molar-refractivity contribution in [1.29, 1.82) is 0 Å². The molecule has 0 spiro atoms. The highest BCUT2D eigenvalue weighted by Crippen LogP contribution is 2.45. The van der Waals surface area contributed by atoms with Crippen molar-refractivity contribution in [2.24, 2.45) is 0 Å². The van der Waals surface area contributed by atoms with Gasteiger partial charge in [-0.25, -0.2) is 4.98 Å². The summed E-state index contributed by atoms with van der Waals surface area (Å²) < 4.78 is 4.91. The Morgan fingerprint density at radius 1 is 0.422 bits per heavy atom. The third kappa shape index (κ3) is 3.53. The minimum Gasteiger partial charge on any atom is -0.310 e. The Morgan fingerprint density at radius 3 is 1.78 bits per heavy atom. The summed E-state index contributed by atoms with van der Waals surface area (Å²) in [5.74, 6) is 0. The van der Waals surface area contributed by atoms with Gasteiger partial charge in [-0.2, -0.15) is 0 Å². The molecular formula is C41H26N3P. The number of imidazole rings is 1. The first-order valence-electron chi connectivity index (χ1n) is 15.3. The minimum atomic E-state index is -0.901. The lowest BCUT2D eigenvalue weighted by molar-refractivity contribution is 1.32. The van der Waals surface area contributed by atoms with Gasteiger partial charge < -0.3 is 4.34 Å². The van der Waals surface area contributed by atoms with Crippen LogP contribution in [-0.4, -0.2) is 13.7 Å². The molecule has 0 saturated carbocycles. The van der Waals surface area contributed by atoms with E-state index in [1.54, 1.807) is 0 Å². The largest absolute Gasteiger partial charge is 0.310 e. The van der Waals surface area contributed by atoms with Gasteiger partial charge in [-0.3, -0.25) is 4.40 Å². The van der Waals surface area contributed by atoms with Crippen molar-refractivity contribution in [3.05, 3.63) is 158 Å². The molecule has 0 aliphatic heterocycles. The Morgan fingerprint density at radius 2 is 1.02 bits per heavy atom. The summed E-state index contributed by atoms with van der Waals surface area (Å²) in [6, 6.07) is 57.6. The number of hydrogen-bond donors (Lipinski definition) is 0. The molecule has 7 aromatic carbocycles. The Labute approximate surface area is 260 Å². The first kappa shape index (κ1) is 24.9. The van der Waals surface area contributed by atoms with Crippen LogP contribution in [0.4, 0.5) is 0 Å². The smallest absolute Gasteiger partial charge is 0.146 e. The molecule has 0 aliphatic rings. The predicted octanol–water partition coefficient (Wildman–Crippen LogP) is 9.95. The fraction of sp³-hybridized carbons (Fsp3) is 0. The van der Waals surface area contributed by atoms with Crippen LogP contribution >= 0.6 is 8.07 Å². The summed E-state index contributed by atoms with van der Waals surface area (Å²) >= 11 is 0. The molecule has 0 bridgehead atoms. The standard InChI is InChI=1S/C41H26N3P/c1-2-12-28(13-3-1)45(44-37-19-9-4-14-31(37)32-15-5-10-20-38(32)44)29-23-25-30-27(26-29)22-24-34-40(30)33-16-6-8-18-36(33)43-39-21-11-7-17-35(39)42-41(34)43/h1-26H. The molecule has 1 unspecified atom stereocenters. The summed E-state index contributed by atoms with van der Waals surface area (Å²) in [6.45, 7) is 0. The Bertz CT molecular complexity index is 2720. The minimum absolute atomic E-state index is 0.901. The maximum absolute atomic E-state index is 5.14. The van der Waals surface area contributed by atoms with Gasteiger partial charge in [0.05, 0.1) is 35.7 Å². The van der Waals surface area contributed by atoms with E-state index in [9.17, 15) is 0 Å². The summed E-state index contributed by atoms with van der Waals surface area (Å²) in [6.07, 6.45) is 0. The van der Waals surface area contributed by atoms with E-state index in [0.717, 1.165) is 16.7 Å². The van der Waals surface area contributed by atoms with Crippen LogP contribution in [0, 0.1) is 0 Å². The molecule has 0 N–H and O–H groups in total. The number of benzene rings is 7. The highest BCUT2D eigenvalue weighted by molar-refractivity contribution is 7.72. The molecule has 210 valence electrons. The van der Waals surface area contributed by atoms with E-state index in [0.29, 0.717) is 0 Å².